The average Bonchev–Trinajstić information content (AvgIpc) is 1.12. The SMILES string of the molecule is O.O.O=S(=O)([O-])[O-].O=S(=O)([O-])[O-].[Cu+2].[Cu+2].[Cu]. The molecule has 0 atom stereocenters. The zero-order chi connectivity index (χ0) is 9.00. The van der Waals surface area contributed by atoms with E-state index in [1.54, 1.807) is 0 Å². The second kappa shape index (κ2) is 17.6. The summed E-state index contributed by atoms with van der Waals surface area (Å²) < 4.78 is 68.2. The molecule has 0 aliphatic rings. The molecule has 0 saturated carbocycles. The summed E-state index contributed by atoms with van der Waals surface area (Å²) in [7, 11) is -10.3. The summed E-state index contributed by atoms with van der Waals surface area (Å²) in [6.45, 7) is 0. The third-order valence-corrected chi connectivity index (χ3v) is 0. The van der Waals surface area contributed by atoms with E-state index in [1.165, 1.54) is 0 Å². The quantitative estimate of drug-likeness (QED) is 0.211. The Balaban J connectivity index is -0.0000000128. The van der Waals surface area contributed by atoms with Gasteiger partial charge < -0.3 is 29.2 Å². The van der Waals surface area contributed by atoms with Crippen molar-refractivity contribution in [2.24, 2.45) is 0 Å². The zero-order valence-electron chi connectivity index (χ0n) is 5.99. The maximum absolute atomic E-state index is 8.52. The molecule has 0 aromatic carbocycles. The van der Waals surface area contributed by atoms with Crippen LogP contribution in [-0.4, -0.2) is 46.0 Å². The molecular formula is H4Cu3O10S2. The first-order valence-corrected chi connectivity index (χ1v) is 4.00. The molecule has 3 radical (unpaired) electrons. The van der Waals surface area contributed by atoms with Crippen molar-refractivity contribution in [3.8, 4) is 0 Å². The van der Waals surface area contributed by atoms with Gasteiger partial charge in [0.05, 0.1) is 0 Å². The first kappa shape index (κ1) is 44.2. The van der Waals surface area contributed by atoms with E-state index in [1.807, 2.05) is 0 Å². The van der Waals surface area contributed by atoms with Crippen molar-refractivity contribution in [3.05, 3.63) is 0 Å². The number of hydrogen-bond donors (Lipinski definition) is 0. The molecule has 0 spiro atoms. The fourth-order valence-electron chi connectivity index (χ4n) is 0. The Labute approximate surface area is 117 Å². The van der Waals surface area contributed by atoms with E-state index in [4.69, 9.17) is 35.0 Å². The Hall–Kier alpha value is 1.22. The molecule has 0 unspecified atom stereocenters. The molecule has 0 saturated heterocycles. The molecule has 0 fully saturated rings. The van der Waals surface area contributed by atoms with E-state index in [0.717, 1.165) is 0 Å². The predicted octanol–water partition coefficient (Wildman–Crippen LogP) is -4.33. The molecule has 0 amide bonds. The van der Waals surface area contributed by atoms with E-state index in [9.17, 15) is 0 Å². The molecule has 4 N–H and O–H groups in total. The van der Waals surface area contributed by atoms with Crippen molar-refractivity contribution in [3.63, 3.8) is 0 Å². The molecule has 0 aliphatic carbocycles. The summed E-state index contributed by atoms with van der Waals surface area (Å²) in [6, 6.07) is 0. The Kier molecular flexibility index (Phi) is 51.9. The fourth-order valence-corrected chi connectivity index (χ4v) is 0. The molecule has 0 aromatic heterocycles. The molecule has 0 rings (SSSR count). The topological polar surface area (TPSA) is 224 Å². The van der Waals surface area contributed by atoms with Crippen LogP contribution in [0.2, 0.25) is 0 Å². The van der Waals surface area contributed by atoms with E-state index in [-0.39, 0.29) is 62.2 Å². The van der Waals surface area contributed by atoms with Crippen LogP contribution in [0, 0.1) is 0 Å². The van der Waals surface area contributed by atoms with Gasteiger partial charge in [0.2, 0.25) is 0 Å². The Morgan fingerprint density at radius 1 is 0.600 bits per heavy atom. The van der Waals surface area contributed by atoms with Gasteiger partial charge in [-0.15, -0.1) is 0 Å². The van der Waals surface area contributed by atoms with Crippen LogP contribution in [-0.2, 0) is 72.0 Å². The second-order valence-electron chi connectivity index (χ2n) is 0.816. The number of hydrogen-bond acceptors (Lipinski definition) is 8. The normalized spacial score (nSPS) is 7.73. The van der Waals surface area contributed by atoms with Gasteiger partial charge in [0, 0.05) is 37.9 Å². The fraction of sp³-hybridized carbons (Fsp3) is 0. The largest absolute Gasteiger partial charge is 2.00 e. The summed E-state index contributed by atoms with van der Waals surface area (Å²) in [5, 5.41) is 0. The van der Waals surface area contributed by atoms with Gasteiger partial charge in [-0.3, -0.25) is 16.8 Å². The molecule has 0 aliphatic heterocycles. The van der Waals surface area contributed by atoms with Gasteiger partial charge in [0.15, 0.2) is 0 Å². The monoisotopic (exact) mass is 417 g/mol. The molecule has 0 aromatic rings. The molecule has 15 heavy (non-hydrogen) atoms. The number of rotatable bonds is 0. The van der Waals surface area contributed by atoms with Crippen LogP contribution < -0.4 is 0 Å². The summed E-state index contributed by atoms with van der Waals surface area (Å²) in [6.07, 6.45) is 0. The van der Waals surface area contributed by atoms with Gasteiger partial charge >= 0.3 is 34.1 Å². The Morgan fingerprint density at radius 3 is 0.600 bits per heavy atom. The maximum Gasteiger partial charge on any atom is 2.00 e. The summed E-state index contributed by atoms with van der Waals surface area (Å²) in [5.41, 5.74) is 0. The molecule has 10 nitrogen and oxygen atoms in total. The van der Waals surface area contributed by atoms with Crippen molar-refractivity contribution in [1.82, 2.24) is 0 Å². The van der Waals surface area contributed by atoms with E-state index in [2.05, 4.69) is 0 Å². The van der Waals surface area contributed by atoms with Gasteiger partial charge in [0.1, 0.15) is 0 Å². The maximum atomic E-state index is 8.52. The van der Waals surface area contributed by atoms with Crippen molar-refractivity contribution in [1.29, 1.82) is 0 Å². The molecule has 0 heterocycles. The zero-order valence-corrected chi connectivity index (χ0v) is 10.4. The van der Waals surface area contributed by atoms with Crippen molar-refractivity contribution < 1.29 is 97.2 Å². The van der Waals surface area contributed by atoms with Crippen molar-refractivity contribution in [2.45, 2.75) is 0 Å². The van der Waals surface area contributed by atoms with Crippen LogP contribution in [0.1, 0.15) is 0 Å². The minimum absolute atomic E-state index is 0. The van der Waals surface area contributed by atoms with E-state index in [0.29, 0.717) is 0 Å². The smallest absolute Gasteiger partial charge is 0.759 e. The second-order valence-corrected chi connectivity index (χ2v) is 2.45. The minimum Gasteiger partial charge on any atom is -0.759 e. The van der Waals surface area contributed by atoms with Crippen LogP contribution in [0.4, 0.5) is 0 Å². The first-order chi connectivity index (χ1) is 4.00. The average molecular weight is 419 g/mol. The van der Waals surface area contributed by atoms with Gasteiger partial charge in [-0.1, -0.05) is 0 Å². The molecule has 109 valence electrons. The van der Waals surface area contributed by atoms with Crippen molar-refractivity contribution in [2.75, 3.05) is 0 Å². The summed E-state index contributed by atoms with van der Waals surface area (Å²) in [5.74, 6) is 0. The van der Waals surface area contributed by atoms with Crippen LogP contribution in [0.15, 0.2) is 0 Å². The van der Waals surface area contributed by atoms with Crippen molar-refractivity contribution >= 4 is 20.8 Å². The van der Waals surface area contributed by atoms with Crippen LogP contribution in [0.3, 0.4) is 0 Å². The van der Waals surface area contributed by atoms with Gasteiger partial charge in [-0.05, 0) is 0 Å². The summed E-state index contributed by atoms with van der Waals surface area (Å²) in [4.78, 5) is 0. The first-order valence-electron chi connectivity index (χ1n) is 1.33. The van der Waals surface area contributed by atoms with E-state index >= 15 is 0 Å². The molecule has 15 heteroatoms. The van der Waals surface area contributed by atoms with Crippen LogP contribution in [0.25, 0.3) is 0 Å². The third-order valence-electron chi connectivity index (χ3n) is 0. The van der Waals surface area contributed by atoms with Gasteiger partial charge in [-0.25, -0.2) is 0 Å². The standard InChI is InChI=1S/3Cu.2H2O4S.2H2O/c;;;2*1-5(2,3)4;;/h;;;2*(H2,1,2,3,4);2*1H2/q;2*+2;;;;/p-4. The van der Waals surface area contributed by atoms with Gasteiger partial charge in [0.25, 0.3) is 0 Å². The molecule has 0 bridgehead atoms. The Morgan fingerprint density at radius 2 is 0.600 bits per heavy atom. The Bertz CT molecular complexity index is 215. The third kappa shape index (κ3) is 1790. The van der Waals surface area contributed by atoms with E-state index < -0.39 is 20.8 Å². The predicted molar refractivity (Wildman–Crippen MR) is 28.2 cm³/mol. The van der Waals surface area contributed by atoms with Crippen LogP contribution >= 0.6 is 0 Å². The van der Waals surface area contributed by atoms with Gasteiger partial charge in [-0.2, -0.15) is 0 Å². The van der Waals surface area contributed by atoms with Crippen LogP contribution in [0.5, 0.6) is 0 Å². The summed E-state index contributed by atoms with van der Waals surface area (Å²) >= 11 is 0. The molecular weight excluding hydrogens is 415 g/mol. The minimum atomic E-state index is -5.17.